The van der Waals surface area contributed by atoms with Crippen molar-refractivity contribution in [1.82, 2.24) is 19.9 Å². The van der Waals surface area contributed by atoms with E-state index in [1.807, 2.05) is 47.5 Å². The average Bonchev–Trinajstić information content (AvgIpc) is 3.15. The number of pyridine rings is 1. The second-order valence-electron chi connectivity index (χ2n) is 6.37. The third kappa shape index (κ3) is 4.06. The minimum absolute atomic E-state index is 0.118. The lowest BCUT2D eigenvalue weighted by Crippen LogP contribution is -2.48. The first-order valence-corrected chi connectivity index (χ1v) is 9.66. The van der Waals surface area contributed by atoms with E-state index >= 15 is 0 Å². The number of aryl methyl sites for hydroxylation is 1. The number of nitrogens with one attached hydrogen (secondary N) is 1. The van der Waals surface area contributed by atoms with Crippen LogP contribution in [0.15, 0.2) is 48.2 Å². The molecule has 0 aromatic carbocycles. The zero-order chi connectivity index (χ0) is 18.6. The summed E-state index contributed by atoms with van der Waals surface area (Å²) in [5.41, 5.74) is 1.14. The monoisotopic (exact) mass is 380 g/mol. The van der Waals surface area contributed by atoms with Gasteiger partial charge in [-0.2, -0.15) is 0 Å². The topological polar surface area (TPSA) is 74.2 Å². The fraction of sp³-hybridized carbons (Fsp3) is 0.263. The molecule has 3 aromatic rings. The summed E-state index contributed by atoms with van der Waals surface area (Å²) in [7, 11) is 0. The number of anilines is 3. The van der Waals surface area contributed by atoms with Gasteiger partial charge in [-0.05, 0) is 36.1 Å². The van der Waals surface area contributed by atoms with Crippen molar-refractivity contribution < 1.29 is 4.79 Å². The molecule has 1 aliphatic rings. The molecule has 1 fully saturated rings. The average molecular weight is 380 g/mol. The van der Waals surface area contributed by atoms with Crippen LogP contribution in [0.5, 0.6) is 0 Å². The molecule has 0 spiro atoms. The van der Waals surface area contributed by atoms with E-state index in [0.29, 0.717) is 18.9 Å². The lowest BCUT2D eigenvalue weighted by Gasteiger charge is -2.35. The number of carbonyl (C=O) groups excluding carboxylic acids is 1. The lowest BCUT2D eigenvalue weighted by atomic mass is 10.2. The molecule has 1 amide bonds. The molecule has 1 N–H and O–H groups in total. The van der Waals surface area contributed by atoms with Crippen LogP contribution in [-0.2, 0) is 0 Å². The zero-order valence-electron chi connectivity index (χ0n) is 15.0. The molecule has 8 heteroatoms. The van der Waals surface area contributed by atoms with E-state index in [4.69, 9.17) is 0 Å². The highest BCUT2D eigenvalue weighted by molar-refractivity contribution is 7.12. The third-order valence-electron chi connectivity index (χ3n) is 4.41. The quantitative estimate of drug-likeness (QED) is 0.750. The molecule has 4 heterocycles. The Morgan fingerprint density at radius 1 is 1.07 bits per heavy atom. The number of hydrogen-bond donors (Lipinski definition) is 1. The first-order chi connectivity index (χ1) is 13.2. The summed E-state index contributed by atoms with van der Waals surface area (Å²) in [5, 5.41) is 5.20. The predicted molar refractivity (Wildman–Crippen MR) is 107 cm³/mol. The number of amides is 1. The van der Waals surface area contributed by atoms with Gasteiger partial charge in [0.1, 0.15) is 23.8 Å². The molecule has 0 bridgehead atoms. The van der Waals surface area contributed by atoms with Crippen molar-refractivity contribution in [2.24, 2.45) is 0 Å². The van der Waals surface area contributed by atoms with E-state index in [1.54, 1.807) is 12.5 Å². The highest BCUT2D eigenvalue weighted by Gasteiger charge is 2.23. The van der Waals surface area contributed by atoms with Gasteiger partial charge in [-0.25, -0.2) is 15.0 Å². The van der Waals surface area contributed by atoms with Crippen LogP contribution in [0.1, 0.15) is 15.2 Å². The molecule has 7 nitrogen and oxygen atoms in total. The van der Waals surface area contributed by atoms with Gasteiger partial charge < -0.3 is 15.1 Å². The standard InChI is InChI=1S/C19H20N6OS/c1-14-10-15(27-12-14)19(26)25-8-6-24(7-9-25)18-11-17(21-13-22-18)23-16-4-2-3-5-20-16/h2-5,10-13H,6-9H2,1H3,(H,20,21,22,23). The molecule has 138 valence electrons. The van der Waals surface area contributed by atoms with Crippen LogP contribution in [0.2, 0.25) is 0 Å². The maximum Gasteiger partial charge on any atom is 0.264 e. The van der Waals surface area contributed by atoms with Crippen molar-refractivity contribution in [2.45, 2.75) is 6.92 Å². The fourth-order valence-corrected chi connectivity index (χ4v) is 3.86. The van der Waals surface area contributed by atoms with Crippen LogP contribution in [0.25, 0.3) is 0 Å². The second-order valence-corrected chi connectivity index (χ2v) is 7.28. The number of hydrogen-bond acceptors (Lipinski definition) is 7. The predicted octanol–water partition coefficient (Wildman–Crippen LogP) is 2.95. The van der Waals surface area contributed by atoms with Crippen molar-refractivity contribution in [3.8, 4) is 0 Å². The largest absolute Gasteiger partial charge is 0.353 e. The van der Waals surface area contributed by atoms with Gasteiger partial charge in [0, 0.05) is 38.4 Å². The van der Waals surface area contributed by atoms with Gasteiger partial charge in [-0.15, -0.1) is 11.3 Å². The van der Waals surface area contributed by atoms with E-state index < -0.39 is 0 Å². The van der Waals surface area contributed by atoms with E-state index in [1.165, 1.54) is 11.3 Å². The number of rotatable bonds is 4. The summed E-state index contributed by atoms with van der Waals surface area (Å²) >= 11 is 1.51. The maximum atomic E-state index is 12.6. The van der Waals surface area contributed by atoms with Crippen LogP contribution in [-0.4, -0.2) is 51.9 Å². The number of piperazine rings is 1. The molecule has 0 radical (unpaired) electrons. The van der Waals surface area contributed by atoms with Crippen molar-refractivity contribution in [1.29, 1.82) is 0 Å². The van der Waals surface area contributed by atoms with Crippen LogP contribution in [0.4, 0.5) is 17.5 Å². The molecule has 3 aromatic heterocycles. The number of thiophene rings is 1. The molecule has 4 rings (SSSR count). The summed E-state index contributed by atoms with van der Waals surface area (Å²) in [4.78, 5) is 30.4. The van der Waals surface area contributed by atoms with Crippen LogP contribution in [0, 0.1) is 6.92 Å². The SMILES string of the molecule is Cc1csc(C(=O)N2CCN(c3cc(Nc4ccccn4)ncn3)CC2)c1. The van der Waals surface area contributed by atoms with Crippen molar-refractivity contribution in [3.63, 3.8) is 0 Å². The van der Waals surface area contributed by atoms with Crippen molar-refractivity contribution in [3.05, 3.63) is 58.7 Å². The van der Waals surface area contributed by atoms with Gasteiger partial charge >= 0.3 is 0 Å². The van der Waals surface area contributed by atoms with E-state index in [9.17, 15) is 4.79 Å². The zero-order valence-corrected chi connectivity index (χ0v) is 15.8. The summed E-state index contributed by atoms with van der Waals surface area (Å²) in [6.45, 7) is 4.87. The Morgan fingerprint density at radius 3 is 2.63 bits per heavy atom. The van der Waals surface area contributed by atoms with Crippen LogP contribution < -0.4 is 10.2 Å². The molecule has 0 unspecified atom stereocenters. The number of nitrogens with zero attached hydrogens (tertiary/aromatic N) is 5. The second kappa shape index (κ2) is 7.71. The lowest BCUT2D eigenvalue weighted by molar-refractivity contribution is 0.0751. The first-order valence-electron chi connectivity index (χ1n) is 8.78. The number of aromatic nitrogens is 3. The van der Waals surface area contributed by atoms with Gasteiger partial charge in [0.15, 0.2) is 0 Å². The minimum Gasteiger partial charge on any atom is -0.353 e. The molecular formula is C19H20N6OS. The summed E-state index contributed by atoms with van der Waals surface area (Å²) in [5.74, 6) is 2.41. The normalized spacial score (nSPS) is 14.3. The van der Waals surface area contributed by atoms with E-state index in [0.717, 1.165) is 35.2 Å². The summed E-state index contributed by atoms with van der Waals surface area (Å²) in [6, 6.07) is 9.55. The van der Waals surface area contributed by atoms with Crippen LogP contribution >= 0.6 is 11.3 Å². The third-order valence-corrected chi connectivity index (χ3v) is 5.44. The Morgan fingerprint density at radius 2 is 1.93 bits per heavy atom. The van der Waals surface area contributed by atoms with E-state index in [2.05, 4.69) is 25.2 Å². The highest BCUT2D eigenvalue weighted by Crippen LogP contribution is 2.21. The van der Waals surface area contributed by atoms with Crippen molar-refractivity contribution >= 4 is 34.7 Å². The Bertz CT molecular complexity index is 921. The summed E-state index contributed by atoms with van der Waals surface area (Å²) in [6.07, 6.45) is 3.28. The Kier molecular flexibility index (Phi) is 4.97. The van der Waals surface area contributed by atoms with Gasteiger partial charge in [0.25, 0.3) is 5.91 Å². The first kappa shape index (κ1) is 17.4. The molecule has 1 saturated heterocycles. The molecule has 0 saturated carbocycles. The summed E-state index contributed by atoms with van der Waals surface area (Å²) < 4.78 is 0. The molecule has 27 heavy (non-hydrogen) atoms. The molecule has 0 atom stereocenters. The smallest absolute Gasteiger partial charge is 0.264 e. The molecule has 1 aliphatic heterocycles. The Labute approximate surface area is 161 Å². The van der Waals surface area contributed by atoms with Gasteiger partial charge in [0.05, 0.1) is 4.88 Å². The van der Waals surface area contributed by atoms with Gasteiger partial charge in [-0.1, -0.05) is 6.07 Å². The number of carbonyl (C=O) groups is 1. The molecular weight excluding hydrogens is 360 g/mol. The van der Waals surface area contributed by atoms with Gasteiger partial charge in [-0.3, -0.25) is 4.79 Å². The minimum atomic E-state index is 0.118. The Hall–Kier alpha value is -3.00. The van der Waals surface area contributed by atoms with Gasteiger partial charge in [0.2, 0.25) is 0 Å². The fourth-order valence-electron chi connectivity index (χ4n) is 2.99. The van der Waals surface area contributed by atoms with Crippen molar-refractivity contribution in [2.75, 3.05) is 36.4 Å². The van der Waals surface area contributed by atoms with Crippen LogP contribution in [0.3, 0.4) is 0 Å². The Balaban J connectivity index is 1.39. The highest BCUT2D eigenvalue weighted by atomic mass is 32.1. The molecule has 0 aliphatic carbocycles. The maximum absolute atomic E-state index is 12.6. The van der Waals surface area contributed by atoms with E-state index in [-0.39, 0.29) is 5.91 Å².